The van der Waals surface area contributed by atoms with Gasteiger partial charge in [0, 0.05) is 25.0 Å². The van der Waals surface area contributed by atoms with Gasteiger partial charge in [0.05, 0.1) is 7.11 Å². The minimum Gasteiger partial charge on any atom is -0.496 e. The molecule has 1 N–H and O–H groups in total. The molecule has 4 rings (SSSR count). The van der Waals surface area contributed by atoms with E-state index in [4.69, 9.17) is 14.2 Å². The molecule has 0 spiro atoms. The number of benzene rings is 2. The first kappa shape index (κ1) is 17.9. The van der Waals surface area contributed by atoms with E-state index in [0.717, 1.165) is 5.56 Å². The lowest BCUT2D eigenvalue weighted by Gasteiger charge is -2.28. The van der Waals surface area contributed by atoms with Crippen molar-refractivity contribution in [2.45, 2.75) is 12.1 Å². The van der Waals surface area contributed by atoms with E-state index in [0.29, 0.717) is 23.1 Å². The fourth-order valence-corrected chi connectivity index (χ4v) is 3.23. The summed E-state index contributed by atoms with van der Waals surface area (Å²) in [6.07, 6.45) is 2.77. The number of aryl methyl sites for hydroxylation is 1. The summed E-state index contributed by atoms with van der Waals surface area (Å²) in [5.41, 5.74) is 0.810. The predicted octanol–water partition coefficient (Wildman–Crippen LogP) is 2.47. The van der Waals surface area contributed by atoms with Crippen molar-refractivity contribution in [1.29, 1.82) is 0 Å². The smallest absolute Gasteiger partial charge is 0.265 e. The molecule has 0 aliphatic carbocycles. The van der Waals surface area contributed by atoms with Crippen LogP contribution in [0.4, 0.5) is 0 Å². The number of rotatable bonds is 5. The molecule has 28 heavy (non-hydrogen) atoms. The number of hydrogen-bond acceptors (Lipinski definition) is 5. The van der Waals surface area contributed by atoms with Crippen LogP contribution in [0.2, 0.25) is 0 Å². The maximum Gasteiger partial charge on any atom is 0.265 e. The highest BCUT2D eigenvalue weighted by molar-refractivity contribution is 5.82. The average molecular weight is 379 g/mol. The van der Waals surface area contributed by atoms with Crippen molar-refractivity contribution < 1.29 is 19.0 Å². The minimum absolute atomic E-state index is 0.141. The zero-order valence-electron chi connectivity index (χ0n) is 15.7. The number of nitrogens with zero attached hydrogens (tertiary/aromatic N) is 2. The summed E-state index contributed by atoms with van der Waals surface area (Å²) in [6.45, 7) is 0.141. The van der Waals surface area contributed by atoms with E-state index in [1.54, 1.807) is 19.4 Å². The number of aromatic nitrogens is 2. The second-order valence-electron chi connectivity index (χ2n) is 6.44. The van der Waals surface area contributed by atoms with E-state index in [9.17, 15) is 4.79 Å². The van der Waals surface area contributed by atoms with Crippen molar-refractivity contribution >= 4 is 5.91 Å². The second-order valence-corrected chi connectivity index (χ2v) is 6.44. The number of hydrogen-bond donors (Lipinski definition) is 1. The molecule has 3 aromatic rings. The molecule has 2 heterocycles. The van der Waals surface area contributed by atoms with Crippen LogP contribution in [0.1, 0.15) is 17.4 Å². The largest absolute Gasteiger partial charge is 0.496 e. The summed E-state index contributed by atoms with van der Waals surface area (Å²) in [5.74, 6) is 2.27. The summed E-state index contributed by atoms with van der Waals surface area (Å²) in [4.78, 5) is 17.4. The lowest BCUT2D eigenvalue weighted by Crippen LogP contribution is -2.45. The van der Waals surface area contributed by atoms with Gasteiger partial charge in [0.1, 0.15) is 24.2 Å². The molecule has 7 nitrogen and oxygen atoms in total. The van der Waals surface area contributed by atoms with Gasteiger partial charge in [0.15, 0.2) is 11.5 Å². The molecule has 7 heteroatoms. The first-order valence-electron chi connectivity index (χ1n) is 8.96. The molecule has 1 aliphatic rings. The lowest BCUT2D eigenvalue weighted by atomic mass is 10.0. The highest BCUT2D eigenvalue weighted by Gasteiger charge is 2.31. The maximum atomic E-state index is 13.0. The van der Waals surface area contributed by atoms with Gasteiger partial charge in [-0.1, -0.05) is 30.3 Å². The van der Waals surface area contributed by atoms with Gasteiger partial charge in [-0.05, 0) is 18.2 Å². The molecule has 144 valence electrons. The molecule has 0 bridgehead atoms. The van der Waals surface area contributed by atoms with Gasteiger partial charge in [-0.25, -0.2) is 4.98 Å². The lowest BCUT2D eigenvalue weighted by molar-refractivity contribution is -0.130. The molecule has 2 atom stereocenters. The van der Waals surface area contributed by atoms with Crippen molar-refractivity contribution in [3.63, 3.8) is 0 Å². The van der Waals surface area contributed by atoms with Crippen LogP contribution in [0, 0.1) is 0 Å². The number of amides is 1. The molecule has 0 fully saturated rings. The number of imidazole rings is 1. The molecule has 0 radical (unpaired) electrons. The van der Waals surface area contributed by atoms with Crippen LogP contribution in [0.15, 0.2) is 60.9 Å². The van der Waals surface area contributed by atoms with Gasteiger partial charge < -0.3 is 24.1 Å². The van der Waals surface area contributed by atoms with E-state index in [2.05, 4.69) is 10.3 Å². The molecular formula is C21H21N3O4. The van der Waals surface area contributed by atoms with Crippen LogP contribution in [-0.2, 0) is 11.8 Å². The van der Waals surface area contributed by atoms with Crippen molar-refractivity contribution in [1.82, 2.24) is 14.9 Å². The van der Waals surface area contributed by atoms with Crippen molar-refractivity contribution in [3.05, 3.63) is 72.3 Å². The number of carbonyl (C=O) groups is 1. The monoisotopic (exact) mass is 379 g/mol. The van der Waals surface area contributed by atoms with Crippen LogP contribution in [0.3, 0.4) is 0 Å². The van der Waals surface area contributed by atoms with Crippen molar-refractivity contribution in [2.75, 3.05) is 13.7 Å². The minimum atomic E-state index is -0.757. The molecular weight excluding hydrogens is 358 g/mol. The van der Waals surface area contributed by atoms with Crippen molar-refractivity contribution in [2.24, 2.45) is 7.05 Å². The average Bonchev–Trinajstić information content (AvgIpc) is 3.17. The quantitative estimate of drug-likeness (QED) is 0.737. The zero-order chi connectivity index (χ0) is 19.5. The van der Waals surface area contributed by atoms with Gasteiger partial charge in [-0.2, -0.15) is 0 Å². The zero-order valence-corrected chi connectivity index (χ0v) is 15.7. The Morgan fingerprint density at radius 3 is 2.71 bits per heavy atom. The summed E-state index contributed by atoms with van der Waals surface area (Å²) >= 11 is 0. The van der Waals surface area contributed by atoms with Gasteiger partial charge in [0.2, 0.25) is 6.10 Å². The van der Waals surface area contributed by atoms with Crippen LogP contribution in [0.5, 0.6) is 17.2 Å². The Kier molecular flexibility index (Phi) is 4.89. The van der Waals surface area contributed by atoms with Crippen molar-refractivity contribution in [3.8, 4) is 17.2 Å². The number of para-hydroxylation sites is 3. The highest BCUT2D eigenvalue weighted by atomic mass is 16.6. The molecule has 1 aliphatic heterocycles. The van der Waals surface area contributed by atoms with Gasteiger partial charge in [-0.15, -0.1) is 0 Å². The number of fused-ring (bicyclic) bond motifs is 1. The fraction of sp³-hybridized carbons (Fsp3) is 0.238. The fourth-order valence-electron chi connectivity index (χ4n) is 3.23. The highest BCUT2D eigenvalue weighted by Crippen LogP contribution is 2.32. The summed E-state index contributed by atoms with van der Waals surface area (Å²) < 4.78 is 18.9. The SMILES string of the molecule is COc1ccccc1[C@@H](NC(=O)[C@H]1COc2ccccc2O1)c1nccn1C. The Morgan fingerprint density at radius 1 is 1.21 bits per heavy atom. The number of ether oxygens (including phenoxy) is 3. The van der Waals surface area contributed by atoms with Gasteiger partial charge >= 0.3 is 0 Å². The second kappa shape index (κ2) is 7.64. The summed E-state index contributed by atoms with van der Waals surface area (Å²) in [7, 11) is 3.48. The third-order valence-corrected chi connectivity index (χ3v) is 4.65. The molecule has 0 saturated carbocycles. The Balaban J connectivity index is 1.62. The van der Waals surface area contributed by atoms with E-state index in [1.807, 2.05) is 60.3 Å². The van der Waals surface area contributed by atoms with Gasteiger partial charge in [0.25, 0.3) is 5.91 Å². The summed E-state index contributed by atoms with van der Waals surface area (Å²) in [6, 6.07) is 14.4. The van der Waals surface area contributed by atoms with Crippen LogP contribution in [0.25, 0.3) is 0 Å². The first-order valence-corrected chi connectivity index (χ1v) is 8.96. The van der Waals surface area contributed by atoms with Gasteiger partial charge in [-0.3, -0.25) is 4.79 Å². The number of methoxy groups -OCH3 is 1. The number of nitrogens with one attached hydrogen (secondary N) is 1. The van der Waals surface area contributed by atoms with Crippen LogP contribution >= 0.6 is 0 Å². The number of carbonyl (C=O) groups excluding carboxylic acids is 1. The Hall–Kier alpha value is -3.48. The van der Waals surface area contributed by atoms with Crippen LogP contribution in [-0.4, -0.2) is 35.3 Å². The first-order chi connectivity index (χ1) is 13.7. The molecule has 0 saturated heterocycles. The molecule has 1 amide bonds. The summed E-state index contributed by atoms with van der Waals surface area (Å²) in [5, 5.41) is 3.04. The van der Waals surface area contributed by atoms with E-state index in [-0.39, 0.29) is 12.5 Å². The standard InChI is InChI=1S/C21H21N3O4/c1-24-12-11-22-20(24)19(14-7-3-4-8-15(14)26-2)23-21(25)18-13-27-16-9-5-6-10-17(16)28-18/h3-12,18-19H,13H2,1-2H3,(H,23,25)/t18-,19-/m1/s1. The third-order valence-electron chi connectivity index (χ3n) is 4.65. The maximum absolute atomic E-state index is 13.0. The Bertz CT molecular complexity index is 985. The topological polar surface area (TPSA) is 74.6 Å². The molecule has 1 aromatic heterocycles. The van der Waals surface area contributed by atoms with E-state index < -0.39 is 12.1 Å². The molecule has 2 aromatic carbocycles. The predicted molar refractivity (Wildman–Crippen MR) is 103 cm³/mol. The van der Waals surface area contributed by atoms with E-state index in [1.165, 1.54) is 0 Å². The Labute approximate surface area is 162 Å². The van der Waals surface area contributed by atoms with E-state index >= 15 is 0 Å². The third kappa shape index (κ3) is 3.38. The molecule has 0 unspecified atom stereocenters. The normalized spacial score (nSPS) is 16.3. The Morgan fingerprint density at radius 2 is 1.96 bits per heavy atom. The van der Waals surface area contributed by atoms with Crippen LogP contribution < -0.4 is 19.5 Å².